The average Bonchev–Trinajstić information content (AvgIpc) is 2.92. The van der Waals surface area contributed by atoms with Crippen molar-refractivity contribution in [3.05, 3.63) is 29.5 Å². The normalized spacial score (nSPS) is 10.4. The third-order valence-electron chi connectivity index (χ3n) is 2.81. The van der Waals surface area contributed by atoms with Gasteiger partial charge in [-0.2, -0.15) is 0 Å². The number of carbonyl (C=O) groups excluding carboxylic acids is 1. The van der Waals surface area contributed by atoms with Gasteiger partial charge >= 0.3 is 5.97 Å². The number of aryl methyl sites for hydroxylation is 2. The van der Waals surface area contributed by atoms with Crippen molar-refractivity contribution in [1.82, 2.24) is 25.0 Å². The molecule has 0 bridgehead atoms. The Kier molecular flexibility index (Phi) is 4.81. The van der Waals surface area contributed by atoms with Gasteiger partial charge in [0.15, 0.2) is 0 Å². The van der Waals surface area contributed by atoms with Crippen LogP contribution in [-0.2, 0) is 29.0 Å². The van der Waals surface area contributed by atoms with E-state index in [1.165, 1.54) is 11.8 Å². The predicted molar refractivity (Wildman–Crippen MR) is 75.5 cm³/mol. The average molecular weight is 290 g/mol. The highest BCUT2D eigenvalue weighted by atomic mass is 16.5. The summed E-state index contributed by atoms with van der Waals surface area (Å²) in [5, 5.41) is 11.0. The molecule has 8 heteroatoms. The van der Waals surface area contributed by atoms with Crippen molar-refractivity contribution in [2.45, 2.75) is 33.4 Å². The number of nitrogens with one attached hydrogen (secondary N) is 1. The molecule has 0 aromatic carbocycles. The van der Waals surface area contributed by atoms with Gasteiger partial charge in [-0.15, -0.1) is 5.10 Å². The Hall–Kier alpha value is -2.51. The third-order valence-corrected chi connectivity index (χ3v) is 2.81. The van der Waals surface area contributed by atoms with Crippen LogP contribution in [0.15, 0.2) is 12.3 Å². The van der Waals surface area contributed by atoms with Gasteiger partial charge in [0.2, 0.25) is 0 Å². The zero-order chi connectivity index (χ0) is 15.2. The lowest BCUT2D eigenvalue weighted by Crippen LogP contribution is -2.11. The fourth-order valence-electron chi connectivity index (χ4n) is 1.78. The number of ether oxygens (including phenoxy) is 1. The van der Waals surface area contributed by atoms with E-state index in [0.29, 0.717) is 12.2 Å². The topological polar surface area (TPSA) is 94.8 Å². The minimum atomic E-state index is -0.363. The number of carbonyl (C=O) groups is 1. The molecule has 0 saturated carbocycles. The molecule has 0 unspecified atom stereocenters. The number of methoxy groups -OCH3 is 1. The van der Waals surface area contributed by atoms with Crippen LogP contribution >= 0.6 is 0 Å². The molecule has 2 heterocycles. The standard InChI is InChI=1S/C13H18N6O2/c1-4-10-5-12(16-9(2)15-10)14-6-11-7-19(18-17-11)8-13(20)21-3/h5,7H,4,6,8H2,1-3H3,(H,14,15,16). The molecular formula is C13H18N6O2. The molecule has 0 saturated heterocycles. The SMILES string of the molecule is CCc1cc(NCc2cn(CC(=O)OC)nn2)nc(C)n1. The Bertz CT molecular complexity index is 625. The van der Waals surface area contributed by atoms with Crippen LogP contribution in [0.4, 0.5) is 5.82 Å². The minimum Gasteiger partial charge on any atom is -0.468 e. The molecule has 8 nitrogen and oxygen atoms in total. The first-order valence-electron chi connectivity index (χ1n) is 6.65. The van der Waals surface area contributed by atoms with Crippen molar-refractivity contribution in [3.63, 3.8) is 0 Å². The highest BCUT2D eigenvalue weighted by Gasteiger charge is 2.06. The first-order valence-corrected chi connectivity index (χ1v) is 6.65. The van der Waals surface area contributed by atoms with Crippen molar-refractivity contribution in [2.75, 3.05) is 12.4 Å². The van der Waals surface area contributed by atoms with Crippen LogP contribution in [0.3, 0.4) is 0 Å². The predicted octanol–water partition coefficient (Wildman–Crippen LogP) is 0.724. The van der Waals surface area contributed by atoms with Crippen LogP contribution in [0.2, 0.25) is 0 Å². The van der Waals surface area contributed by atoms with Gasteiger partial charge in [0, 0.05) is 11.8 Å². The Morgan fingerprint density at radius 1 is 1.38 bits per heavy atom. The van der Waals surface area contributed by atoms with E-state index in [-0.39, 0.29) is 12.5 Å². The zero-order valence-corrected chi connectivity index (χ0v) is 12.3. The van der Waals surface area contributed by atoms with Crippen LogP contribution in [0.25, 0.3) is 0 Å². The van der Waals surface area contributed by atoms with E-state index in [0.717, 1.165) is 23.8 Å². The zero-order valence-electron chi connectivity index (χ0n) is 12.3. The van der Waals surface area contributed by atoms with E-state index in [1.54, 1.807) is 6.20 Å². The summed E-state index contributed by atoms with van der Waals surface area (Å²) >= 11 is 0. The number of hydrogen-bond donors (Lipinski definition) is 1. The van der Waals surface area contributed by atoms with Crippen LogP contribution in [0, 0.1) is 6.92 Å². The fourth-order valence-corrected chi connectivity index (χ4v) is 1.78. The summed E-state index contributed by atoms with van der Waals surface area (Å²) in [6.45, 7) is 4.43. The van der Waals surface area contributed by atoms with E-state index in [1.807, 2.05) is 19.9 Å². The van der Waals surface area contributed by atoms with E-state index >= 15 is 0 Å². The summed E-state index contributed by atoms with van der Waals surface area (Å²) in [6, 6.07) is 1.91. The highest BCUT2D eigenvalue weighted by molar-refractivity contribution is 5.68. The number of rotatable bonds is 6. The van der Waals surface area contributed by atoms with Crippen molar-refractivity contribution < 1.29 is 9.53 Å². The monoisotopic (exact) mass is 290 g/mol. The van der Waals surface area contributed by atoms with Gasteiger partial charge < -0.3 is 10.1 Å². The second kappa shape index (κ2) is 6.78. The van der Waals surface area contributed by atoms with E-state index in [9.17, 15) is 4.79 Å². The van der Waals surface area contributed by atoms with Crippen LogP contribution in [0.1, 0.15) is 24.1 Å². The summed E-state index contributed by atoms with van der Waals surface area (Å²) in [7, 11) is 1.34. The van der Waals surface area contributed by atoms with Gasteiger partial charge in [0.05, 0.1) is 19.9 Å². The van der Waals surface area contributed by atoms with Crippen LogP contribution in [0.5, 0.6) is 0 Å². The summed E-state index contributed by atoms with van der Waals surface area (Å²) in [4.78, 5) is 19.8. The smallest absolute Gasteiger partial charge is 0.327 e. The molecule has 0 spiro atoms. The van der Waals surface area contributed by atoms with E-state index in [4.69, 9.17) is 0 Å². The molecule has 0 aliphatic carbocycles. The van der Waals surface area contributed by atoms with Gasteiger partial charge in [0.25, 0.3) is 0 Å². The third kappa shape index (κ3) is 4.23. The lowest BCUT2D eigenvalue weighted by molar-refractivity contribution is -0.141. The lowest BCUT2D eigenvalue weighted by atomic mass is 10.3. The van der Waals surface area contributed by atoms with Crippen LogP contribution in [-0.4, -0.2) is 38.0 Å². The maximum absolute atomic E-state index is 11.1. The number of aromatic nitrogens is 5. The van der Waals surface area contributed by atoms with Gasteiger partial charge in [-0.1, -0.05) is 12.1 Å². The first kappa shape index (κ1) is 14.9. The maximum Gasteiger partial charge on any atom is 0.327 e. The van der Waals surface area contributed by atoms with E-state index in [2.05, 4.69) is 30.3 Å². The molecule has 2 aromatic heterocycles. The quantitative estimate of drug-likeness (QED) is 0.783. The van der Waals surface area contributed by atoms with Gasteiger partial charge in [-0.25, -0.2) is 14.6 Å². The van der Waals surface area contributed by atoms with Crippen molar-refractivity contribution in [2.24, 2.45) is 0 Å². The Labute approximate surface area is 122 Å². The van der Waals surface area contributed by atoms with E-state index < -0.39 is 0 Å². The summed E-state index contributed by atoms with van der Waals surface area (Å²) in [6.07, 6.45) is 2.55. The van der Waals surface area contributed by atoms with Gasteiger partial charge in [-0.05, 0) is 13.3 Å². The second-order valence-corrected chi connectivity index (χ2v) is 4.48. The molecule has 2 rings (SSSR count). The Balaban J connectivity index is 1.97. The number of hydrogen-bond acceptors (Lipinski definition) is 7. The number of anilines is 1. The molecule has 0 fully saturated rings. The van der Waals surface area contributed by atoms with Crippen molar-refractivity contribution in [3.8, 4) is 0 Å². The molecule has 0 amide bonds. The highest BCUT2D eigenvalue weighted by Crippen LogP contribution is 2.08. The molecular weight excluding hydrogens is 272 g/mol. The van der Waals surface area contributed by atoms with Gasteiger partial charge in [-0.3, -0.25) is 4.79 Å². The minimum absolute atomic E-state index is 0.0517. The molecule has 0 aliphatic heterocycles. The molecule has 0 radical (unpaired) electrons. The number of nitrogens with zero attached hydrogens (tertiary/aromatic N) is 5. The van der Waals surface area contributed by atoms with Crippen molar-refractivity contribution in [1.29, 1.82) is 0 Å². The lowest BCUT2D eigenvalue weighted by Gasteiger charge is -2.06. The maximum atomic E-state index is 11.1. The molecule has 1 N–H and O–H groups in total. The number of esters is 1. The first-order chi connectivity index (χ1) is 10.1. The van der Waals surface area contributed by atoms with Crippen molar-refractivity contribution >= 4 is 11.8 Å². The molecule has 112 valence electrons. The summed E-state index contributed by atoms with van der Waals surface area (Å²) in [5.74, 6) is 1.12. The Morgan fingerprint density at radius 3 is 2.90 bits per heavy atom. The fraction of sp³-hybridized carbons (Fsp3) is 0.462. The molecule has 0 aliphatic rings. The van der Waals surface area contributed by atoms with Gasteiger partial charge in [0.1, 0.15) is 23.9 Å². The van der Waals surface area contributed by atoms with Crippen LogP contribution < -0.4 is 5.32 Å². The summed E-state index contributed by atoms with van der Waals surface area (Å²) < 4.78 is 6.01. The molecule has 2 aromatic rings. The molecule has 0 atom stereocenters. The Morgan fingerprint density at radius 2 is 2.19 bits per heavy atom. The summed E-state index contributed by atoms with van der Waals surface area (Å²) in [5.41, 5.74) is 1.70. The molecule has 21 heavy (non-hydrogen) atoms. The second-order valence-electron chi connectivity index (χ2n) is 4.48. The largest absolute Gasteiger partial charge is 0.468 e.